The molecule has 1 amide bonds. The van der Waals surface area contributed by atoms with Crippen LogP contribution in [0, 0.1) is 0 Å². The number of nitrogens with zero attached hydrogens (tertiary/aromatic N) is 1. The summed E-state index contributed by atoms with van der Waals surface area (Å²) in [6.07, 6.45) is 0. The van der Waals surface area contributed by atoms with E-state index in [0.29, 0.717) is 5.76 Å². The number of nitrogens with one attached hydrogen (secondary N) is 1. The first-order valence-electron chi connectivity index (χ1n) is 7.21. The molecule has 3 aromatic rings. The fourth-order valence-corrected chi connectivity index (χ4v) is 2.62. The van der Waals surface area contributed by atoms with Crippen LogP contribution in [-0.2, 0) is 16.1 Å². The summed E-state index contributed by atoms with van der Waals surface area (Å²) in [6, 6.07) is 14.6. The van der Waals surface area contributed by atoms with E-state index in [0.717, 1.165) is 10.4 Å². The molecule has 0 atom stereocenters. The van der Waals surface area contributed by atoms with E-state index in [9.17, 15) is 9.59 Å². The third-order valence-corrected chi connectivity index (χ3v) is 4.03. The van der Waals surface area contributed by atoms with Crippen LogP contribution in [0.25, 0.3) is 10.6 Å². The van der Waals surface area contributed by atoms with E-state index in [1.54, 1.807) is 0 Å². The van der Waals surface area contributed by atoms with Crippen LogP contribution in [-0.4, -0.2) is 23.6 Å². The van der Waals surface area contributed by atoms with Crippen molar-refractivity contribution in [3.63, 3.8) is 0 Å². The zero-order chi connectivity index (χ0) is 16.8. The number of aromatic nitrogens is 1. The normalized spacial score (nSPS) is 10.3. The number of rotatable bonds is 6. The van der Waals surface area contributed by atoms with Crippen molar-refractivity contribution in [1.29, 1.82) is 0 Å². The van der Waals surface area contributed by atoms with Gasteiger partial charge in [-0.15, -0.1) is 11.3 Å². The minimum atomic E-state index is -0.519. The van der Waals surface area contributed by atoms with Gasteiger partial charge in [-0.2, -0.15) is 0 Å². The summed E-state index contributed by atoms with van der Waals surface area (Å²) < 4.78 is 10.2. The molecule has 0 aliphatic rings. The Kier molecular flexibility index (Phi) is 5.02. The van der Waals surface area contributed by atoms with Crippen LogP contribution in [0.1, 0.15) is 16.1 Å². The predicted molar refractivity (Wildman–Crippen MR) is 88.4 cm³/mol. The van der Waals surface area contributed by atoms with Gasteiger partial charge in [0.1, 0.15) is 13.2 Å². The Labute approximate surface area is 142 Å². The van der Waals surface area contributed by atoms with Crippen molar-refractivity contribution in [3.05, 3.63) is 65.2 Å². The molecule has 0 aliphatic carbocycles. The van der Waals surface area contributed by atoms with Gasteiger partial charge in [0, 0.05) is 6.07 Å². The quantitative estimate of drug-likeness (QED) is 0.697. The first-order valence-corrected chi connectivity index (χ1v) is 8.08. The van der Waals surface area contributed by atoms with Gasteiger partial charge in [0.05, 0.1) is 4.88 Å². The number of esters is 1. The molecule has 0 spiro atoms. The molecule has 3 rings (SSSR count). The molecule has 24 heavy (non-hydrogen) atoms. The number of hydrogen-bond acceptors (Lipinski definition) is 6. The maximum Gasteiger partial charge on any atom is 0.325 e. The Morgan fingerprint density at radius 1 is 1.17 bits per heavy atom. The smallest absolute Gasteiger partial charge is 0.325 e. The summed E-state index contributed by atoms with van der Waals surface area (Å²) in [5, 5.41) is 8.08. The minimum absolute atomic E-state index is 0.120. The molecule has 1 N–H and O–H groups in total. The molecule has 0 saturated heterocycles. The van der Waals surface area contributed by atoms with Gasteiger partial charge in [0.2, 0.25) is 0 Å². The second-order valence-corrected chi connectivity index (χ2v) is 5.83. The van der Waals surface area contributed by atoms with Crippen molar-refractivity contribution in [2.24, 2.45) is 0 Å². The van der Waals surface area contributed by atoms with E-state index in [1.807, 2.05) is 47.8 Å². The molecule has 1 aromatic carbocycles. The number of thiophene rings is 1. The van der Waals surface area contributed by atoms with Crippen molar-refractivity contribution in [1.82, 2.24) is 10.5 Å². The molecule has 0 fully saturated rings. The first-order chi connectivity index (χ1) is 11.7. The Hall–Kier alpha value is -2.93. The van der Waals surface area contributed by atoms with Crippen molar-refractivity contribution in [3.8, 4) is 10.6 Å². The molecular weight excluding hydrogens is 328 g/mol. The summed E-state index contributed by atoms with van der Waals surface area (Å²) in [7, 11) is 0. The van der Waals surface area contributed by atoms with E-state index < -0.39 is 11.9 Å². The largest absolute Gasteiger partial charge is 0.460 e. The Bertz CT molecular complexity index is 812. The highest BCUT2D eigenvalue weighted by Crippen LogP contribution is 2.24. The number of amides is 1. The second kappa shape index (κ2) is 7.56. The average Bonchev–Trinajstić information content (AvgIpc) is 3.29. The maximum atomic E-state index is 12.0. The van der Waals surface area contributed by atoms with E-state index in [4.69, 9.17) is 9.26 Å². The first kappa shape index (κ1) is 15.9. The van der Waals surface area contributed by atoms with Crippen LogP contribution in [0.2, 0.25) is 0 Å². The van der Waals surface area contributed by atoms with Crippen molar-refractivity contribution in [2.75, 3.05) is 6.54 Å². The molecule has 0 saturated carbocycles. The van der Waals surface area contributed by atoms with E-state index in [-0.39, 0.29) is 18.8 Å². The van der Waals surface area contributed by atoms with Gasteiger partial charge in [-0.25, -0.2) is 0 Å². The highest BCUT2D eigenvalue weighted by molar-refractivity contribution is 7.13. The lowest BCUT2D eigenvalue weighted by Gasteiger charge is -2.05. The third kappa shape index (κ3) is 4.08. The minimum Gasteiger partial charge on any atom is -0.460 e. The molecule has 7 heteroatoms. The summed E-state index contributed by atoms with van der Waals surface area (Å²) in [6.45, 7) is -0.0606. The number of carbonyl (C=O) groups excluding carboxylic acids is 2. The van der Waals surface area contributed by atoms with Crippen LogP contribution in [0.3, 0.4) is 0 Å². The van der Waals surface area contributed by atoms with Gasteiger partial charge in [0.15, 0.2) is 11.5 Å². The molecule has 6 nitrogen and oxygen atoms in total. The monoisotopic (exact) mass is 342 g/mol. The molecule has 0 aliphatic heterocycles. The summed E-state index contributed by atoms with van der Waals surface area (Å²) in [5.74, 6) is -0.491. The number of carbonyl (C=O) groups is 2. The van der Waals surface area contributed by atoms with Crippen LogP contribution < -0.4 is 5.32 Å². The zero-order valence-corrected chi connectivity index (χ0v) is 13.4. The Morgan fingerprint density at radius 2 is 2.00 bits per heavy atom. The lowest BCUT2D eigenvalue weighted by atomic mass is 10.2. The van der Waals surface area contributed by atoms with Gasteiger partial charge >= 0.3 is 5.97 Å². The van der Waals surface area contributed by atoms with Crippen molar-refractivity contribution >= 4 is 23.2 Å². The third-order valence-electron chi connectivity index (χ3n) is 3.14. The van der Waals surface area contributed by atoms with E-state index in [1.165, 1.54) is 17.4 Å². The van der Waals surface area contributed by atoms with Crippen molar-refractivity contribution < 1.29 is 18.8 Å². The lowest BCUT2D eigenvalue weighted by molar-refractivity contribution is -0.143. The van der Waals surface area contributed by atoms with E-state index >= 15 is 0 Å². The topological polar surface area (TPSA) is 81.4 Å². The van der Waals surface area contributed by atoms with Gasteiger partial charge in [-0.1, -0.05) is 41.6 Å². The summed E-state index contributed by atoms with van der Waals surface area (Å²) >= 11 is 1.48. The Morgan fingerprint density at radius 3 is 2.75 bits per heavy atom. The fraction of sp³-hybridized carbons (Fsp3) is 0.118. The standard InChI is InChI=1S/C17H14N2O4S/c20-16(22-11-12-5-2-1-3-6-12)10-18-17(21)13-9-14(23-19-13)15-7-4-8-24-15/h1-9H,10-11H2,(H,18,21). The Balaban J connectivity index is 1.47. The molecule has 2 heterocycles. The lowest BCUT2D eigenvalue weighted by Crippen LogP contribution is -2.30. The maximum absolute atomic E-state index is 12.0. The van der Waals surface area contributed by atoms with Crippen LogP contribution in [0.15, 0.2) is 58.4 Å². The van der Waals surface area contributed by atoms with Gasteiger partial charge in [0.25, 0.3) is 5.91 Å². The van der Waals surface area contributed by atoms with Crippen LogP contribution in [0.4, 0.5) is 0 Å². The second-order valence-electron chi connectivity index (χ2n) is 4.88. The SMILES string of the molecule is O=C(CNC(=O)c1cc(-c2cccs2)on1)OCc1ccccc1. The average molecular weight is 342 g/mol. The van der Waals surface area contributed by atoms with Gasteiger partial charge in [-0.3, -0.25) is 9.59 Å². The molecular formula is C17H14N2O4S. The summed E-state index contributed by atoms with van der Waals surface area (Å²) in [4.78, 5) is 24.5. The fourth-order valence-electron chi connectivity index (χ4n) is 1.95. The molecule has 0 radical (unpaired) electrons. The molecule has 0 bridgehead atoms. The molecule has 0 unspecified atom stereocenters. The number of benzene rings is 1. The van der Waals surface area contributed by atoms with Crippen molar-refractivity contribution in [2.45, 2.75) is 6.61 Å². The van der Waals surface area contributed by atoms with Crippen LogP contribution >= 0.6 is 11.3 Å². The zero-order valence-electron chi connectivity index (χ0n) is 12.6. The highest BCUT2D eigenvalue weighted by atomic mass is 32.1. The number of hydrogen-bond donors (Lipinski definition) is 1. The van der Waals surface area contributed by atoms with Gasteiger partial charge in [-0.05, 0) is 17.0 Å². The van der Waals surface area contributed by atoms with Crippen LogP contribution in [0.5, 0.6) is 0 Å². The predicted octanol–water partition coefficient (Wildman–Crippen LogP) is 2.88. The molecule has 2 aromatic heterocycles. The molecule has 122 valence electrons. The van der Waals surface area contributed by atoms with Gasteiger partial charge < -0.3 is 14.6 Å². The highest BCUT2D eigenvalue weighted by Gasteiger charge is 2.15. The van der Waals surface area contributed by atoms with E-state index in [2.05, 4.69) is 10.5 Å². The number of ether oxygens (including phenoxy) is 1. The summed E-state index contributed by atoms with van der Waals surface area (Å²) in [5.41, 5.74) is 1.00.